The minimum absolute atomic E-state index is 0.610. The predicted molar refractivity (Wildman–Crippen MR) is 45.8 cm³/mol. The van der Waals surface area contributed by atoms with Crippen molar-refractivity contribution in [2.45, 2.75) is 13.1 Å². The van der Waals surface area contributed by atoms with Crippen LogP contribution in [0.1, 0.15) is 11.1 Å². The summed E-state index contributed by atoms with van der Waals surface area (Å²) in [7, 11) is 8.02. The number of quaternary nitrogens is 1. The molecule has 3 radical (unpaired) electrons. The highest BCUT2D eigenvalue weighted by Gasteiger charge is 2.17. The third-order valence-electron chi connectivity index (χ3n) is 2.18. The van der Waals surface area contributed by atoms with Crippen molar-refractivity contribution < 1.29 is 4.39 Å². The number of benzene rings is 1. The first kappa shape index (κ1) is 6.92. The van der Waals surface area contributed by atoms with E-state index in [1.165, 1.54) is 11.1 Å². The van der Waals surface area contributed by atoms with E-state index in [0.29, 0.717) is 4.39 Å². The highest BCUT2D eigenvalue weighted by molar-refractivity contribution is 5.97. The number of hydrogen-bond acceptors (Lipinski definition) is 0. The van der Waals surface area contributed by atoms with E-state index >= 15 is 0 Å². The largest absolute Gasteiger partial charge is 0.583 e. The summed E-state index contributed by atoms with van der Waals surface area (Å²) in [5.41, 5.74) is 2.80. The van der Waals surface area contributed by atoms with Crippen molar-refractivity contribution in [3.05, 3.63) is 35.4 Å². The van der Waals surface area contributed by atoms with Crippen molar-refractivity contribution in [3.8, 4) is 0 Å². The van der Waals surface area contributed by atoms with Crippen molar-refractivity contribution in [2.75, 3.05) is 7.05 Å². The zero-order valence-corrected chi connectivity index (χ0v) is 6.75. The van der Waals surface area contributed by atoms with Gasteiger partial charge >= 0.3 is 0 Å². The van der Waals surface area contributed by atoms with Crippen LogP contribution >= 0.6 is 0 Å². The monoisotopic (exact) mass is 144 g/mol. The maximum Gasteiger partial charge on any atom is 0.0584 e. The first-order chi connectivity index (χ1) is 5.17. The third-order valence-corrected chi connectivity index (χ3v) is 2.18. The van der Waals surface area contributed by atoms with Crippen LogP contribution in [-0.2, 0) is 13.1 Å². The van der Waals surface area contributed by atoms with Crippen molar-refractivity contribution in [3.63, 3.8) is 0 Å². The fourth-order valence-corrected chi connectivity index (χ4v) is 1.70. The molecular weight excluding hydrogens is 133 g/mol. The molecule has 1 aliphatic heterocycles. The summed E-state index contributed by atoms with van der Waals surface area (Å²) in [5.74, 6) is 0. The molecule has 0 bridgehead atoms. The summed E-state index contributed by atoms with van der Waals surface area (Å²) in [6.45, 7) is 1.94. The fourth-order valence-electron chi connectivity index (χ4n) is 1.70. The molecule has 0 saturated carbocycles. The summed E-state index contributed by atoms with van der Waals surface area (Å²) in [6.07, 6.45) is 0. The Morgan fingerprint density at radius 1 is 1.18 bits per heavy atom. The van der Waals surface area contributed by atoms with Gasteiger partial charge in [-0.1, -0.05) is 24.3 Å². The lowest BCUT2D eigenvalue weighted by Gasteiger charge is -2.40. The van der Waals surface area contributed by atoms with Crippen LogP contribution in [0.15, 0.2) is 24.3 Å². The summed E-state index contributed by atoms with van der Waals surface area (Å²) in [4.78, 5) is 0. The van der Waals surface area contributed by atoms with Gasteiger partial charge in [-0.3, -0.25) is 0 Å². The van der Waals surface area contributed by atoms with Crippen LogP contribution in [0.2, 0.25) is 0 Å². The Bertz CT molecular complexity index is 254. The smallest absolute Gasteiger partial charge is 0.0584 e. The standard InChI is InChI=1S/C9H11BN/c1-11(10)6-8-4-2-3-5-9(8)7-11/h2-5H,6-7H2,1H3. The quantitative estimate of drug-likeness (QED) is 0.480. The summed E-state index contributed by atoms with van der Waals surface area (Å²) < 4.78 is 0.610. The fraction of sp³-hybridized carbons (Fsp3) is 0.333. The van der Waals surface area contributed by atoms with Crippen LogP contribution in [-0.4, -0.2) is 19.4 Å². The Labute approximate surface area is 68.7 Å². The second-order valence-electron chi connectivity index (χ2n) is 3.56. The molecule has 2 rings (SSSR count). The van der Waals surface area contributed by atoms with Crippen LogP contribution in [0.25, 0.3) is 0 Å². The van der Waals surface area contributed by atoms with Gasteiger partial charge in [-0.05, 0) is 0 Å². The van der Waals surface area contributed by atoms with E-state index < -0.39 is 0 Å². The number of hydrogen-bond donors (Lipinski definition) is 0. The number of fused-ring (bicyclic) bond motifs is 1. The Morgan fingerprint density at radius 3 is 2.09 bits per heavy atom. The van der Waals surface area contributed by atoms with E-state index in [1.807, 2.05) is 0 Å². The minimum Gasteiger partial charge on any atom is -0.583 e. The van der Waals surface area contributed by atoms with Gasteiger partial charge in [0, 0.05) is 18.2 Å². The van der Waals surface area contributed by atoms with Crippen LogP contribution < -0.4 is 0 Å². The highest BCUT2D eigenvalue weighted by Crippen LogP contribution is 2.24. The lowest BCUT2D eigenvalue weighted by molar-refractivity contribution is -0.816. The van der Waals surface area contributed by atoms with Crippen molar-refractivity contribution >= 4 is 7.98 Å². The molecule has 0 N–H and O–H groups in total. The van der Waals surface area contributed by atoms with Gasteiger partial charge in [0.2, 0.25) is 0 Å². The number of rotatable bonds is 0. The van der Waals surface area contributed by atoms with Gasteiger partial charge in [-0.25, -0.2) is 7.98 Å². The maximum atomic E-state index is 5.97. The first-order valence-electron chi connectivity index (χ1n) is 3.87. The van der Waals surface area contributed by atoms with Crippen LogP contribution in [0.4, 0.5) is 0 Å². The molecule has 0 atom stereocenters. The van der Waals surface area contributed by atoms with E-state index in [-0.39, 0.29) is 0 Å². The zero-order valence-electron chi connectivity index (χ0n) is 6.75. The van der Waals surface area contributed by atoms with Crippen molar-refractivity contribution in [1.29, 1.82) is 0 Å². The molecule has 55 valence electrons. The molecule has 2 heteroatoms. The molecule has 0 spiro atoms. The third kappa shape index (κ3) is 1.18. The average molecular weight is 144 g/mol. The van der Waals surface area contributed by atoms with Gasteiger partial charge in [0.1, 0.15) is 0 Å². The van der Waals surface area contributed by atoms with E-state index in [2.05, 4.69) is 31.3 Å². The second-order valence-corrected chi connectivity index (χ2v) is 3.56. The molecule has 0 aliphatic carbocycles. The zero-order chi connectivity index (χ0) is 7.90. The second kappa shape index (κ2) is 2.11. The molecule has 0 unspecified atom stereocenters. The van der Waals surface area contributed by atoms with Crippen LogP contribution in [0.3, 0.4) is 0 Å². The van der Waals surface area contributed by atoms with Gasteiger partial charge in [0.15, 0.2) is 0 Å². The van der Waals surface area contributed by atoms with E-state index in [0.717, 1.165) is 13.1 Å². The molecule has 1 nitrogen and oxygen atoms in total. The highest BCUT2D eigenvalue weighted by atomic mass is 15.3. The van der Waals surface area contributed by atoms with E-state index in [9.17, 15) is 0 Å². The SMILES string of the molecule is [B-][N+]1(C)Cc2ccccc2C1. The van der Waals surface area contributed by atoms with Crippen LogP contribution in [0.5, 0.6) is 0 Å². The van der Waals surface area contributed by atoms with E-state index in [1.54, 1.807) is 0 Å². The molecule has 1 aliphatic rings. The average Bonchev–Trinajstić information content (AvgIpc) is 2.21. The molecular formula is C9H11BN. The van der Waals surface area contributed by atoms with Gasteiger partial charge in [-0.15, -0.1) is 0 Å². The van der Waals surface area contributed by atoms with Gasteiger partial charge in [0.05, 0.1) is 13.1 Å². The molecule has 0 fully saturated rings. The molecule has 1 heterocycles. The molecule has 1 aromatic rings. The van der Waals surface area contributed by atoms with E-state index in [4.69, 9.17) is 7.98 Å². The van der Waals surface area contributed by atoms with Gasteiger partial charge < -0.3 is 4.39 Å². The summed E-state index contributed by atoms with van der Waals surface area (Å²) >= 11 is 0. The molecule has 0 saturated heterocycles. The summed E-state index contributed by atoms with van der Waals surface area (Å²) in [6, 6.07) is 8.46. The Kier molecular flexibility index (Phi) is 1.33. The predicted octanol–water partition coefficient (Wildman–Crippen LogP) is 1.23. The lowest BCUT2D eigenvalue weighted by atomic mass is 10.1. The molecule has 0 aromatic heterocycles. The Hall–Kier alpha value is -0.755. The van der Waals surface area contributed by atoms with Crippen LogP contribution in [0, 0.1) is 0 Å². The lowest BCUT2D eigenvalue weighted by Crippen LogP contribution is -2.34. The van der Waals surface area contributed by atoms with Gasteiger partial charge in [-0.2, -0.15) is 0 Å². The molecule has 0 amide bonds. The minimum atomic E-state index is 0.610. The molecule has 11 heavy (non-hydrogen) atoms. The summed E-state index contributed by atoms with van der Waals surface area (Å²) in [5, 5.41) is 0. The van der Waals surface area contributed by atoms with Gasteiger partial charge in [0.25, 0.3) is 0 Å². The first-order valence-corrected chi connectivity index (χ1v) is 3.87. The van der Waals surface area contributed by atoms with Crippen molar-refractivity contribution in [2.24, 2.45) is 0 Å². The maximum absolute atomic E-state index is 5.97. The Morgan fingerprint density at radius 2 is 1.64 bits per heavy atom. The van der Waals surface area contributed by atoms with Crippen molar-refractivity contribution in [1.82, 2.24) is 0 Å². The Balaban J connectivity index is 2.41. The topological polar surface area (TPSA) is 0 Å². The molecule has 1 aromatic carbocycles. The number of nitrogens with zero attached hydrogens (tertiary/aromatic N) is 1. The normalized spacial score (nSPS) is 19.8.